The molecule has 25 heavy (non-hydrogen) atoms. The highest BCUT2D eigenvalue weighted by molar-refractivity contribution is 5.83. The molecule has 0 fully saturated rings. The maximum atomic E-state index is 2.41. The second-order valence-corrected chi connectivity index (χ2v) is 7.98. The first-order valence-electron chi connectivity index (χ1n) is 10.7. The van der Waals surface area contributed by atoms with Gasteiger partial charge in [0, 0.05) is 0 Å². The Hall–Kier alpha value is -1.30. The van der Waals surface area contributed by atoms with Crippen LogP contribution < -0.4 is 0 Å². The molecule has 0 aliphatic heterocycles. The van der Waals surface area contributed by atoms with Crippen molar-refractivity contribution in [1.29, 1.82) is 0 Å². The lowest BCUT2D eigenvalue weighted by Crippen LogP contribution is -1.94. The molecule has 0 amide bonds. The summed E-state index contributed by atoms with van der Waals surface area (Å²) in [6, 6.07) is 13.8. The summed E-state index contributed by atoms with van der Waals surface area (Å²) in [6.07, 6.45) is 15.6. The Balaban J connectivity index is 1.63. The predicted octanol–water partition coefficient (Wildman–Crippen LogP) is 8.56. The van der Waals surface area contributed by atoms with E-state index >= 15 is 0 Å². The van der Waals surface area contributed by atoms with Gasteiger partial charge in [0.05, 0.1) is 0 Å². The molecule has 0 spiro atoms. The Bertz CT molecular complexity index is 610. The number of fused-ring (bicyclic) bond motifs is 1. The van der Waals surface area contributed by atoms with Gasteiger partial charge in [-0.2, -0.15) is 0 Å². The van der Waals surface area contributed by atoms with Gasteiger partial charge in [0.1, 0.15) is 0 Å². The zero-order valence-electron chi connectivity index (χ0n) is 16.8. The molecule has 1 unspecified atom stereocenters. The molecule has 0 saturated heterocycles. The highest BCUT2D eigenvalue weighted by Gasteiger charge is 2.06. The van der Waals surface area contributed by atoms with Crippen molar-refractivity contribution in [2.75, 3.05) is 0 Å². The molecular formula is C25H38. The highest BCUT2D eigenvalue weighted by atomic mass is 14.1. The van der Waals surface area contributed by atoms with Gasteiger partial charge in [-0.05, 0) is 35.6 Å². The van der Waals surface area contributed by atoms with Crippen molar-refractivity contribution in [2.45, 2.75) is 97.3 Å². The van der Waals surface area contributed by atoms with Crippen molar-refractivity contribution in [3.05, 3.63) is 47.5 Å². The van der Waals surface area contributed by atoms with Crippen LogP contribution in [0.3, 0.4) is 0 Å². The van der Waals surface area contributed by atoms with E-state index in [1.54, 1.807) is 0 Å². The minimum atomic E-state index is 0.680. The lowest BCUT2D eigenvalue weighted by atomic mass is 9.92. The van der Waals surface area contributed by atoms with Crippen LogP contribution in [0.2, 0.25) is 0 Å². The molecule has 0 aliphatic rings. The number of hydrogen-bond acceptors (Lipinski definition) is 0. The van der Waals surface area contributed by atoms with Crippen molar-refractivity contribution < 1.29 is 0 Å². The molecule has 2 aromatic rings. The Morgan fingerprint density at radius 1 is 0.680 bits per heavy atom. The lowest BCUT2D eigenvalue weighted by molar-refractivity contribution is 0.535. The van der Waals surface area contributed by atoms with E-state index < -0.39 is 0 Å². The maximum absolute atomic E-state index is 2.41. The molecule has 138 valence electrons. The zero-order chi connectivity index (χ0) is 17.9. The summed E-state index contributed by atoms with van der Waals surface area (Å²) in [5, 5.41) is 2.76. The quantitative estimate of drug-likeness (QED) is 0.340. The third-order valence-corrected chi connectivity index (χ3v) is 5.58. The van der Waals surface area contributed by atoms with E-state index in [2.05, 4.69) is 57.2 Å². The largest absolute Gasteiger partial charge is 0.0654 e. The van der Waals surface area contributed by atoms with Gasteiger partial charge in [-0.15, -0.1) is 0 Å². The van der Waals surface area contributed by atoms with E-state index in [1.165, 1.54) is 92.5 Å². The normalized spacial score (nSPS) is 12.6. The number of aryl methyl sites for hydroxylation is 1. The molecular weight excluding hydrogens is 300 g/mol. The molecule has 0 radical (unpaired) electrons. The van der Waals surface area contributed by atoms with E-state index in [1.807, 2.05) is 0 Å². The predicted molar refractivity (Wildman–Crippen MR) is 114 cm³/mol. The van der Waals surface area contributed by atoms with Crippen LogP contribution in [0.4, 0.5) is 0 Å². The molecule has 2 rings (SSSR count). The molecule has 0 bridgehead atoms. The summed E-state index contributed by atoms with van der Waals surface area (Å²) in [6.45, 7) is 6.87. The van der Waals surface area contributed by atoms with Crippen LogP contribution in [-0.2, 0) is 0 Å². The van der Waals surface area contributed by atoms with Crippen LogP contribution in [0.5, 0.6) is 0 Å². The molecule has 0 aromatic heterocycles. The van der Waals surface area contributed by atoms with E-state index in [0.717, 1.165) is 0 Å². The van der Waals surface area contributed by atoms with Gasteiger partial charge in [-0.3, -0.25) is 0 Å². The monoisotopic (exact) mass is 338 g/mol. The number of benzene rings is 2. The van der Waals surface area contributed by atoms with Crippen molar-refractivity contribution in [3.8, 4) is 0 Å². The second-order valence-electron chi connectivity index (χ2n) is 7.98. The third kappa shape index (κ3) is 7.22. The molecule has 1 atom stereocenters. The van der Waals surface area contributed by atoms with Crippen molar-refractivity contribution in [3.63, 3.8) is 0 Å². The number of hydrogen-bond donors (Lipinski definition) is 0. The average Bonchev–Trinajstić information content (AvgIpc) is 2.62. The highest BCUT2D eigenvalue weighted by Crippen LogP contribution is 2.26. The maximum Gasteiger partial charge on any atom is -0.0179 e. The Morgan fingerprint density at radius 3 is 1.96 bits per heavy atom. The van der Waals surface area contributed by atoms with Crippen LogP contribution in [0.15, 0.2) is 36.4 Å². The van der Waals surface area contributed by atoms with Gasteiger partial charge in [-0.1, -0.05) is 120 Å². The fraction of sp³-hybridized carbons (Fsp3) is 0.600. The molecule has 0 N–H and O–H groups in total. The van der Waals surface area contributed by atoms with Gasteiger partial charge in [0.25, 0.3) is 0 Å². The number of unbranched alkanes of at least 4 members (excludes halogenated alkanes) is 9. The Morgan fingerprint density at radius 2 is 1.28 bits per heavy atom. The van der Waals surface area contributed by atoms with Crippen molar-refractivity contribution >= 4 is 10.8 Å². The van der Waals surface area contributed by atoms with Gasteiger partial charge >= 0.3 is 0 Å². The topological polar surface area (TPSA) is 0 Å². The van der Waals surface area contributed by atoms with Crippen LogP contribution >= 0.6 is 0 Å². The van der Waals surface area contributed by atoms with E-state index in [4.69, 9.17) is 0 Å². The first-order chi connectivity index (χ1) is 12.2. The summed E-state index contributed by atoms with van der Waals surface area (Å²) >= 11 is 0. The molecule has 0 saturated carbocycles. The summed E-state index contributed by atoms with van der Waals surface area (Å²) in [4.78, 5) is 0. The van der Waals surface area contributed by atoms with E-state index in [-0.39, 0.29) is 0 Å². The van der Waals surface area contributed by atoms with Gasteiger partial charge in [0.15, 0.2) is 0 Å². The lowest BCUT2D eigenvalue weighted by Gasteiger charge is -2.13. The summed E-state index contributed by atoms with van der Waals surface area (Å²) < 4.78 is 0. The minimum Gasteiger partial charge on any atom is -0.0654 e. The molecule has 0 aliphatic carbocycles. The Labute approximate surface area is 156 Å². The van der Waals surface area contributed by atoms with E-state index in [0.29, 0.717) is 5.92 Å². The van der Waals surface area contributed by atoms with Crippen LogP contribution in [0, 0.1) is 6.92 Å². The first-order valence-corrected chi connectivity index (χ1v) is 10.7. The molecule has 0 heterocycles. The van der Waals surface area contributed by atoms with Crippen LogP contribution in [-0.4, -0.2) is 0 Å². The third-order valence-electron chi connectivity index (χ3n) is 5.58. The zero-order valence-corrected chi connectivity index (χ0v) is 16.8. The molecule has 0 heteroatoms. The minimum absolute atomic E-state index is 0.680. The van der Waals surface area contributed by atoms with Gasteiger partial charge in [-0.25, -0.2) is 0 Å². The number of rotatable bonds is 12. The SMILES string of the molecule is CCCCCCCCCCCCC(C)c1ccc2ccc(C)cc2c1. The smallest absolute Gasteiger partial charge is 0.0179 e. The fourth-order valence-corrected chi connectivity index (χ4v) is 3.80. The summed E-state index contributed by atoms with van der Waals surface area (Å²) in [5.41, 5.74) is 2.86. The fourth-order valence-electron chi connectivity index (χ4n) is 3.80. The Kier molecular flexibility index (Phi) is 9.08. The molecule has 2 aromatic carbocycles. The summed E-state index contributed by atoms with van der Waals surface area (Å²) in [7, 11) is 0. The van der Waals surface area contributed by atoms with E-state index in [9.17, 15) is 0 Å². The second kappa shape index (κ2) is 11.3. The van der Waals surface area contributed by atoms with Gasteiger partial charge in [0.2, 0.25) is 0 Å². The standard InChI is InChI=1S/C25H38/c1-4-5-6-7-8-9-10-11-12-13-14-22(3)24-18-17-23-16-15-21(2)19-25(23)20-24/h15-20,22H,4-14H2,1-3H3. The van der Waals surface area contributed by atoms with Crippen molar-refractivity contribution in [1.82, 2.24) is 0 Å². The molecule has 0 nitrogen and oxygen atoms in total. The average molecular weight is 339 g/mol. The van der Waals surface area contributed by atoms with Crippen LogP contribution in [0.1, 0.15) is 102 Å². The van der Waals surface area contributed by atoms with Crippen LogP contribution in [0.25, 0.3) is 10.8 Å². The summed E-state index contributed by atoms with van der Waals surface area (Å²) in [5.74, 6) is 0.680. The van der Waals surface area contributed by atoms with Gasteiger partial charge < -0.3 is 0 Å². The first kappa shape index (κ1) is 20.0. The van der Waals surface area contributed by atoms with Crippen molar-refractivity contribution in [2.24, 2.45) is 0 Å².